The molecule has 21 heavy (non-hydrogen) atoms. The minimum atomic E-state index is -3.57. The zero-order chi connectivity index (χ0) is 14.9. The Hall–Kier alpha value is -1.77. The molecule has 9 heteroatoms. The highest BCUT2D eigenvalue weighted by atomic mass is 35.5. The van der Waals surface area contributed by atoms with Gasteiger partial charge in [0.1, 0.15) is 11.2 Å². The molecule has 1 aliphatic carbocycles. The lowest BCUT2D eigenvalue weighted by Crippen LogP contribution is -2.26. The number of nitrogens with zero attached hydrogens (tertiary/aromatic N) is 3. The van der Waals surface area contributed by atoms with E-state index in [4.69, 9.17) is 11.6 Å². The molecule has 110 valence electrons. The van der Waals surface area contributed by atoms with Gasteiger partial charge in [0.2, 0.25) is 21.3 Å². The minimum Gasteiger partial charge on any atom is -0.323 e. The quantitative estimate of drug-likeness (QED) is 0.868. The summed E-state index contributed by atoms with van der Waals surface area (Å²) < 4.78 is 27.3. The van der Waals surface area contributed by atoms with Gasteiger partial charge in [0.15, 0.2) is 0 Å². The number of benzene rings is 1. The van der Waals surface area contributed by atoms with E-state index in [0.717, 1.165) is 12.8 Å². The number of rotatable bonds is 5. The van der Waals surface area contributed by atoms with Gasteiger partial charge in [0.25, 0.3) is 0 Å². The normalized spacial score (nSPS) is 14.9. The molecule has 1 fully saturated rings. The highest BCUT2D eigenvalue weighted by Crippen LogP contribution is 2.27. The Kier molecular flexibility index (Phi) is 3.75. The molecule has 1 aromatic carbocycles. The van der Waals surface area contributed by atoms with Crippen LogP contribution in [0.2, 0.25) is 5.28 Å². The van der Waals surface area contributed by atoms with Crippen LogP contribution in [0.5, 0.6) is 0 Å². The zero-order valence-electron chi connectivity index (χ0n) is 10.8. The monoisotopic (exact) mass is 325 g/mol. The standard InChI is InChI=1S/C12H12ClN5O2S/c13-11-14-7-15-12(17-11)16-9-3-1-2-4-10(9)21(19,20)18-8-5-6-8/h1-4,7-8,18H,5-6H2,(H,14,15,16,17). The fourth-order valence-corrected chi connectivity index (χ4v) is 3.34. The summed E-state index contributed by atoms with van der Waals surface area (Å²) in [5.41, 5.74) is 0.382. The number of halogens is 1. The molecule has 1 saturated carbocycles. The van der Waals surface area contributed by atoms with Crippen molar-refractivity contribution in [3.63, 3.8) is 0 Å². The van der Waals surface area contributed by atoms with Gasteiger partial charge < -0.3 is 5.32 Å². The Labute approximate surface area is 126 Å². The second-order valence-corrected chi connectivity index (χ2v) is 6.62. The predicted octanol–water partition coefficient (Wildman–Crippen LogP) is 1.71. The third-order valence-electron chi connectivity index (χ3n) is 2.86. The average molecular weight is 326 g/mol. The number of anilines is 2. The van der Waals surface area contributed by atoms with Crippen molar-refractivity contribution < 1.29 is 8.42 Å². The van der Waals surface area contributed by atoms with E-state index in [1.54, 1.807) is 18.2 Å². The molecule has 1 aliphatic rings. The predicted molar refractivity (Wildman–Crippen MR) is 77.9 cm³/mol. The van der Waals surface area contributed by atoms with Gasteiger partial charge in [-0.2, -0.15) is 4.98 Å². The number of hydrogen-bond donors (Lipinski definition) is 2. The SMILES string of the molecule is O=S(=O)(NC1CC1)c1ccccc1Nc1ncnc(Cl)n1. The van der Waals surface area contributed by atoms with Crippen LogP contribution in [-0.4, -0.2) is 29.4 Å². The van der Waals surface area contributed by atoms with E-state index in [1.807, 2.05) is 0 Å². The fourth-order valence-electron chi connectivity index (χ4n) is 1.75. The van der Waals surface area contributed by atoms with Gasteiger partial charge >= 0.3 is 0 Å². The molecule has 1 heterocycles. The van der Waals surface area contributed by atoms with Crippen LogP contribution < -0.4 is 10.0 Å². The Morgan fingerprint density at radius 3 is 2.67 bits per heavy atom. The van der Waals surface area contributed by atoms with Crippen molar-refractivity contribution in [1.82, 2.24) is 19.7 Å². The molecule has 0 aliphatic heterocycles. The van der Waals surface area contributed by atoms with Gasteiger partial charge in [0, 0.05) is 6.04 Å². The van der Waals surface area contributed by atoms with E-state index in [1.165, 1.54) is 12.4 Å². The van der Waals surface area contributed by atoms with Crippen LogP contribution in [-0.2, 0) is 10.0 Å². The maximum atomic E-state index is 12.3. The van der Waals surface area contributed by atoms with E-state index in [0.29, 0.717) is 5.69 Å². The Morgan fingerprint density at radius 2 is 1.95 bits per heavy atom. The van der Waals surface area contributed by atoms with Gasteiger partial charge in [-0.15, -0.1) is 0 Å². The van der Waals surface area contributed by atoms with Crippen molar-refractivity contribution in [2.75, 3.05) is 5.32 Å². The van der Waals surface area contributed by atoms with Crippen molar-refractivity contribution in [1.29, 1.82) is 0 Å². The second kappa shape index (κ2) is 5.55. The summed E-state index contributed by atoms with van der Waals surface area (Å²) in [4.78, 5) is 11.6. The van der Waals surface area contributed by atoms with E-state index in [9.17, 15) is 8.42 Å². The molecule has 0 unspecified atom stereocenters. The number of hydrogen-bond acceptors (Lipinski definition) is 6. The highest BCUT2D eigenvalue weighted by Gasteiger charge is 2.29. The van der Waals surface area contributed by atoms with Crippen LogP contribution in [0.3, 0.4) is 0 Å². The lowest BCUT2D eigenvalue weighted by Gasteiger charge is -2.11. The molecule has 0 spiro atoms. The largest absolute Gasteiger partial charge is 0.323 e. The van der Waals surface area contributed by atoms with Gasteiger partial charge in [-0.3, -0.25) is 0 Å². The molecule has 3 rings (SSSR count). The van der Waals surface area contributed by atoms with Gasteiger partial charge in [-0.05, 0) is 36.6 Å². The Morgan fingerprint density at radius 1 is 1.19 bits per heavy atom. The first-order chi connectivity index (χ1) is 10.0. The fraction of sp³-hybridized carbons (Fsp3) is 0.250. The summed E-state index contributed by atoms with van der Waals surface area (Å²) in [6.45, 7) is 0. The van der Waals surface area contributed by atoms with Crippen LogP contribution in [0.4, 0.5) is 11.6 Å². The van der Waals surface area contributed by atoms with E-state index >= 15 is 0 Å². The molecule has 1 aromatic heterocycles. The first kappa shape index (κ1) is 14.2. The zero-order valence-corrected chi connectivity index (χ0v) is 12.4. The van der Waals surface area contributed by atoms with Crippen LogP contribution in [0, 0.1) is 0 Å². The number of sulfonamides is 1. The van der Waals surface area contributed by atoms with Gasteiger partial charge in [0.05, 0.1) is 5.69 Å². The summed E-state index contributed by atoms with van der Waals surface area (Å²) in [6, 6.07) is 6.58. The van der Waals surface area contributed by atoms with Gasteiger partial charge in [-0.1, -0.05) is 12.1 Å². The summed E-state index contributed by atoms with van der Waals surface area (Å²) in [5, 5.41) is 2.88. The maximum Gasteiger partial charge on any atom is 0.242 e. The molecule has 7 nitrogen and oxygen atoms in total. The molecule has 2 aromatic rings. The topological polar surface area (TPSA) is 96.9 Å². The third kappa shape index (κ3) is 3.46. The van der Waals surface area contributed by atoms with E-state index in [2.05, 4.69) is 25.0 Å². The van der Waals surface area contributed by atoms with Crippen molar-refractivity contribution in [3.05, 3.63) is 35.9 Å². The smallest absolute Gasteiger partial charge is 0.242 e. The molecule has 0 amide bonds. The summed E-state index contributed by atoms with van der Waals surface area (Å²) in [6.07, 6.45) is 2.99. The van der Waals surface area contributed by atoms with Crippen molar-refractivity contribution in [3.8, 4) is 0 Å². The number of aromatic nitrogens is 3. The second-order valence-electron chi connectivity index (χ2n) is 4.59. The van der Waals surface area contributed by atoms with Crippen LogP contribution >= 0.6 is 11.6 Å². The Bertz CT molecular complexity index is 764. The molecular weight excluding hydrogens is 314 g/mol. The van der Waals surface area contributed by atoms with Gasteiger partial charge in [-0.25, -0.2) is 23.1 Å². The van der Waals surface area contributed by atoms with Crippen LogP contribution in [0.15, 0.2) is 35.5 Å². The average Bonchev–Trinajstić information content (AvgIpc) is 3.22. The Balaban J connectivity index is 1.92. The summed E-state index contributed by atoms with van der Waals surface area (Å²) in [7, 11) is -3.57. The van der Waals surface area contributed by atoms with Crippen LogP contribution in [0.25, 0.3) is 0 Å². The highest BCUT2D eigenvalue weighted by molar-refractivity contribution is 7.89. The van der Waals surface area contributed by atoms with Crippen LogP contribution in [0.1, 0.15) is 12.8 Å². The first-order valence-corrected chi connectivity index (χ1v) is 8.14. The van der Waals surface area contributed by atoms with E-state index < -0.39 is 10.0 Å². The summed E-state index contributed by atoms with van der Waals surface area (Å²) >= 11 is 5.69. The molecule has 0 bridgehead atoms. The number of para-hydroxylation sites is 1. The van der Waals surface area contributed by atoms with Crippen molar-refractivity contribution in [2.24, 2.45) is 0 Å². The van der Waals surface area contributed by atoms with Crippen molar-refractivity contribution >= 4 is 33.3 Å². The molecular formula is C12H12ClN5O2S. The molecule has 0 saturated heterocycles. The lowest BCUT2D eigenvalue weighted by atomic mass is 10.3. The number of nitrogens with one attached hydrogen (secondary N) is 2. The summed E-state index contributed by atoms with van der Waals surface area (Å²) in [5.74, 6) is 0.184. The molecule has 2 N–H and O–H groups in total. The van der Waals surface area contributed by atoms with Crippen molar-refractivity contribution in [2.45, 2.75) is 23.8 Å². The lowest BCUT2D eigenvalue weighted by molar-refractivity contribution is 0.581. The first-order valence-electron chi connectivity index (χ1n) is 6.27. The molecule has 0 radical (unpaired) electrons. The minimum absolute atomic E-state index is 0.0314. The maximum absolute atomic E-state index is 12.3. The third-order valence-corrected chi connectivity index (χ3v) is 4.63. The van der Waals surface area contributed by atoms with E-state index in [-0.39, 0.29) is 22.2 Å². The molecule has 0 atom stereocenters.